The van der Waals surface area contributed by atoms with Crippen LogP contribution in [0.1, 0.15) is 18.1 Å². The van der Waals surface area contributed by atoms with Gasteiger partial charge in [0.05, 0.1) is 18.7 Å². The van der Waals surface area contributed by atoms with Crippen LogP contribution in [0.15, 0.2) is 48.5 Å². The van der Waals surface area contributed by atoms with Gasteiger partial charge in [0.15, 0.2) is 6.10 Å². The second kappa shape index (κ2) is 7.85. The van der Waals surface area contributed by atoms with Crippen LogP contribution in [0.4, 0.5) is 0 Å². The zero-order chi connectivity index (χ0) is 16.7. The number of rotatable bonds is 6. The Morgan fingerprint density at radius 1 is 1.09 bits per heavy atom. The molecule has 0 bridgehead atoms. The quantitative estimate of drug-likeness (QED) is 0.767. The molecule has 1 atom stereocenters. The van der Waals surface area contributed by atoms with E-state index in [2.05, 4.69) is 0 Å². The average Bonchev–Trinajstić information content (AvgIpc) is 2.60. The molecule has 1 unspecified atom stereocenters. The van der Waals surface area contributed by atoms with Gasteiger partial charge in [-0.3, -0.25) is 0 Å². The van der Waals surface area contributed by atoms with Gasteiger partial charge in [0.1, 0.15) is 18.1 Å². The zero-order valence-electron chi connectivity index (χ0n) is 13.0. The second-order valence-corrected chi connectivity index (χ2v) is 4.85. The zero-order valence-corrected chi connectivity index (χ0v) is 13.0. The monoisotopic (exact) mass is 311 g/mol. The molecule has 0 radical (unpaired) electrons. The third-order valence-electron chi connectivity index (χ3n) is 3.17. The molecule has 23 heavy (non-hydrogen) atoms. The SMILES string of the molecule is COc1ccc(COC(=O)C(C)Oc2ccc(C#N)cc2)cc1. The van der Waals surface area contributed by atoms with Gasteiger partial charge in [-0.2, -0.15) is 5.26 Å². The molecule has 0 N–H and O–H groups in total. The van der Waals surface area contributed by atoms with Gasteiger partial charge in [0.25, 0.3) is 0 Å². The Bertz CT molecular complexity index is 686. The van der Waals surface area contributed by atoms with E-state index in [0.29, 0.717) is 11.3 Å². The van der Waals surface area contributed by atoms with E-state index in [1.54, 1.807) is 50.4 Å². The molecule has 0 aliphatic carbocycles. The van der Waals surface area contributed by atoms with Crippen molar-refractivity contribution in [1.82, 2.24) is 0 Å². The molecule has 5 heteroatoms. The summed E-state index contributed by atoms with van der Waals surface area (Å²) < 4.78 is 15.8. The van der Waals surface area contributed by atoms with Gasteiger partial charge in [-0.25, -0.2) is 4.79 Å². The standard InChI is InChI=1S/C18H17NO4/c1-13(23-17-9-3-14(11-19)4-10-17)18(20)22-12-15-5-7-16(21-2)8-6-15/h3-10,13H,12H2,1-2H3. The lowest BCUT2D eigenvalue weighted by Gasteiger charge is -2.14. The highest BCUT2D eigenvalue weighted by Crippen LogP contribution is 2.15. The Labute approximate surface area is 135 Å². The van der Waals surface area contributed by atoms with Crippen LogP contribution < -0.4 is 9.47 Å². The van der Waals surface area contributed by atoms with Crippen molar-refractivity contribution in [2.45, 2.75) is 19.6 Å². The fourth-order valence-corrected chi connectivity index (χ4v) is 1.85. The summed E-state index contributed by atoms with van der Waals surface area (Å²) in [5.41, 5.74) is 1.40. The summed E-state index contributed by atoms with van der Waals surface area (Å²) in [5, 5.41) is 8.74. The number of methoxy groups -OCH3 is 1. The molecule has 0 saturated carbocycles. The van der Waals surface area contributed by atoms with Crippen molar-refractivity contribution in [3.8, 4) is 17.6 Å². The van der Waals surface area contributed by atoms with Gasteiger partial charge in [-0.05, 0) is 48.9 Å². The highest BCUT2D eigenvalue weighted by atomic mass is 16.6. The van der Waals surface area contributed by atoms with Crippen molar-refractivity contribution >= 4 is 5.97 Å². The maximum absolute atomic E-state index is 11.9. The summed E-state index contributed by atoms with van der Waals surface area (Å²) in [7, 11) is 1.59. The Hall–Kier alpha value is -3.00. The van der Waals surface area contributed by atoms with Crippen LogP contribution in [0.2, 0.25) is 0 Å². The van der Waals surface area contributed by atoms with E-state index in [0.717, 1.165) is 11.3 Å². The lowest BCUT2D eigenvalue weighted by Crippen LogP contribution is -2.26. The Kier molecular flexibility index (Phi) is 5.59. The molecule has 0 fully saturated rings. The number of carbonyl (C=O) groups is 1. The number of nitriles is 1. The van der Waals surface area contributed by atoms with Crippen LogP contribution in [0.25, 0.3) is 0 Å². The van der Waals surface area contributed by atoms with E-state index in [9.17, 15) is 4.79 Å². The molecular weight excluding hydrogens is 294 g/mol. The van der Waals surface area contributed by atoms with E-state index in [-0.39, 0.29) is 6.61 Å². The molecule has 0 aromatic heterocycles. The van der Waals surface area contributed by atoms with Crippen LogP contribution in [-0.2, 0) is 16.1 Å². The Morgan fingerprint density at radius 2 is 1.70 bits per heavy atom. The van der Waals surface area contributed by atoms with Crippen molar-refractivity contribution in [2.75, 3.05) is 7.11 Å². The predicted molar refractivity (Wildman–Crippen MR) is 84.0 cm³/mol. The highest BCUT2D eigenvalue weighted by molar-refractivity contribution is 5.74. The second-order valence-electron chi connectivity index (χ2n) is 4.85. The van der Waals surface area contributed by atoms with Gasteiger partial charge < -0.3 is 14.2 Å². The summed E-state index contributed by atoms with van der Waals surface area (Å²) in [6, 6.07) is 15.8. The van der Waals surface area contributed by atoms with Gasteiger partial charge >= 0.3 is 5.97 Å². The number of hydrogen-bond donors (Lipinski definition) is 0. The molecule has 0 heterocycles. The van der Waals surface area contributed by atoms with Crippen LogP contribution in [0, 0.1) is 11.3 Å². The lowest BCUT2D eigenvalue weighted by atomic mass is 10.2. The minimum Gasteiger partial charge on any atom is -0.497 e. The van der Waals surface area contributed by atoms with E-state index in [1.807, 2.05) is 18.2 Å². The summed E-state index contributed by atoms with van der Waals surface area (Å²) >= 11 is 0. The average molecular weight is 311 g/mol. The topological polar surface area (TPSA) is 68.6 Å². The summed E-state index contributed by atoms with van der Waals surface area (Å²) in [5.74, 6) is 0.806. The molecule has 0 spiro atoms. The summed E-state index contributed by atoms with van der Waals surface area (Å²) in [6.45, 7) is 1.79. The van der Waals surface area contributed by atoms with E-state index in [1.165, 1.54) is 0 Å². The predicted octanol–water partition coefficient (Wildman–Crippen LogP) is 3.08. The molecule has 2 aromatic rings. The van der Waals surface area contributed by atoms with Crippen LogP contribution in [0.3, 0.4) is 0 Å². The molecule has 118 valence electrons. The molecule has 0 amide bonds. The van der Waals surface area contributed by atoms with Gasteiger partial charge in [-0.15, -0.1) is 0 Å². The number of ether oxygens (including phenoxy) is 3. The smallest absolute Gasteiger partial charge is 0.347 e. The first kappa shape index (κ1) is 16.4. The van der Waals surface area contributed by atoms with Crippen molar-refractivity contribution in [2.24, 2.45) is 0 Å². The maximum atomic E-state index is 11.9. The van der Waals surface area contributed by atoms with Crippen molar-refractivity contribution in [1.29, 1.82) is 5.26 Å². The number of nitrogens with zero attached hydrogens (tertiary/aromatic N) is 1. The molecule has 0 saturated heterocycles. The number of hydrogen-bond acceptors (Lipinski definition) is 5. The van der Waals surface area contributed by atoms with Crippen LogP contribution >= 0.6 is 0 Å². The number of benzene rings is 2. The van der Waals surface area contributed by atoms with Gasteiger partial charge in [-0.1, -0.05) is 12.1 Å². The first-order chi connectivity index (χ1) is 11.1. The highest BCUT2D eigenvalue weighted by Gasteiger charge is 2.16. The van der Waals surface area contributed by atoms with Gasteiger partial charge in [0.2, 0.25) is 0 Å². The van der Waals surface area contributed by atoms with Gasteiger partial charge in [0, 0.05) is 0 Å². The fourth-order valence-electron chi connectivity index (χ4n) is 1.85. The van der Waals surface area contributed by atoms with E-state index < -0.39 is 12.1 Å². The Morgan fingerprint density at radius 3 is 2.26 bits per heavy atom. The minimum atomic E-state index is -0.735. The fraction of sp³-hybridized carbons (Fsp3) is 0.222. The molecule has 2 aromatic carbocycles. The number of esters is 1. The Balaban J connectivity index is 1.85. The normalized spacial score (nSPS) is 11.2. The minimum absolute atomic E-state index is 0.171. The summed E-state index contributed by atoms with van der Waals surface area (Å²) in [6.07, 6.45) is -0.735. The van der Waals surface area contributed by atoms with Crippen LogP contribution in [-0.4, -0.2) is 19.2 Å². The largest absolute Gasteiger partial charge is 0.497 e. The molecular formula is C18H17NO4. The number of carbonyl (C=O) groups excluding carboxylic acids is 1. The van der Waals surface area contributed by atoms with Crippen molar-refractivity contribution < 1.29 is 19.0 Å². The third-order valence-corrected chi connectivity index (χ3v) is 3.17. The molecule has 5 nitrogen and oxygen atoms in total. The van der Waals surface area contributed by atoms with Crippen molar-refractivity contribution in [3.05, 3.63) is 59.7 Å². The van der Waals surface area contributed by atoms with E-state index >= 15 is 0 Å². The van der Waals surface area contributed by atoms with Crippen molar-refractivity contribution in [3.63, 3.8) is 0 Å². The molecule has 0 aliphatic heterocycles. The lowest BCUT2D eigenvalue weighted by molar-refractivity contribution is -0.152. The van der Waals surface area contributed by atoms with E-state index in [4.69, 9.17) is 19.5 Å². The summed E-state index contributed by atoms with van der Waals surface area (Å²) in [4.78, 5) is 11.9. The maximum Gasteiger partial charge on any atom is 0.347 e. The first-order valence-electron chi connectivity index (χ1n) is 7.09. The molecule has 0 aliphatic rings. The first-order valence-corrected chi connectivity index (χ1v) is 7.09. The third kappa shape index (κ3) is 4.75. The van der Waals surface area contributed by atoms with Crippen LogP contribution in [0.5, 0.6) is 11.5 Å². The molecule has 2 rings (SSSR count).